The van der Waals surface area contributed by atoms with Gasteiger partial charge in [0.1, 0.15) is 11.7 Å². The predicted molar refractivity (Wildman–Crippen MR) is 80.1 cm³/mol. The van der Waals surface area contributed by atoms with Crippen molar-refractivity contribution in [1.82, 2.24) is 0 Å². The Labute approximate surface area is 124 Å². The van der Waals surface area contributed by atoms with Crippen molar-refractivity contribution in [3.8, 4) is 0 Å². The first-order chi connectivity index (χ1) is 9.52. The molecule has 1 amide bonds. The third-order valence-electron chi connectivity index (χ3n) is 3.06. The monoisotopic (exact) mass is 301 g/mol. The first kappa shape index (κ1) is 16.9. The van der Waals surface area contributed by atoms with Gasteiger partial charge in [-0.1, -0.05) is 13.0 Å². The van der Waals surface area contributed by atoms with Gasteiger partial charge in [-0.15, -0.1) is 11.6 Å². The van der Waals surface area contributed by atoms with Crippen LogP contribution in [0.2, 0.25) is 0 Å². The van der Waals surface area contributed by atoms with E-state index in [1.807, 2.05) is 13.8 Å². The maximum atomic E-state index is 13.7. The van der Waals surface area contributed by atoms with E-state index in [9.17, 15) is 9.18 Å². The fourth-order valence-electron chi connectivity index (χ4n) is 2.06. The van der Waals surface area contributed by atoms with Gasteiger partial charge >= 0.3 is 0 Å². The number of nitrogens with zero attached hydrogens (tertiary/aromatic N) is 1. The lowest BCUT2D eigenvalue weighted by atomic mass is 10.1. The minimum atomic E-state index is -0.326. The van der Waals surface area contributed by atoms with Crippen molar-refractivity contribution in [3.05, 3.63) is 29.1 Å². The molecule has 0 aromatic heterocycles. The molecule has 0 fully saturated rings. The van der Waals surface area contributed by atoms with E-state index in [4.69, 9.17) is 16.3 Å². The standard InChI is InChI=1S/C15H21ClFNO2/c1-4-8-20-9-7-18(14(19)10-16)15-11(2)5-6-13(17)12(15)3/h5-6H,4,7-10H2,1-3H3. The fourth-order valence-corrected chi connectivity index (χ4v) is 2.21. The van der Waals surface area contributed by atoms with Gasteiger partial charge in [0.2, 0.25) is 5.91 Å². The van der Waals surface area contributed by atoms with E-state index in [2.05, 4.69) is 0 Å². The van der Waals surface area contributed by atoms with Gasteiger partial charge in [0.15, 0.2) is 0 Å². The van der Waals surface area contributed by atoms with E-state index < -0.39 is 0 Å². The summed E-state index contributed by atoms with van der Waals surface area (Å²) < 4.78 is 19.1. The minimum Gasteiger partial charge on any atom is -0.380 e. The summed E-state index contributed by atoms with van der Waals surface area (Å²) >= 11 is 5.66. The van der Waals surface area contributed by atoms with Crippen LogP contribution in [0.1, 0.15) is 24.5 Å². The van der Waals surface area contributed by atoms with Crippen LogP contribution in [0.4, 0.5) is 10.1 Å². The number of carbonyl (C=O) groups is 1. The molecule has 0 N–H and O–H groups in total. The maximum absolute atomic E-state index is 13.7. The van der Waals surface area contributed by atoms with Crippen molar-refractivity contribution < 1.29 is 13.9 Å². The Morgan fingerprint density at radius 1 is 1.35 bits per heavy atom. The van der Waals surface area contributed by atoms with Crippen LogP contribution in [0, 0.1) is 19.7 Å². The Bertz CT molecular complexity index is 465. The summed E-state index contributed by atoms with van der Waals surface area (Å²) in [5.41, 5.74) is 1.90. The third-order valence-corrected chi connectivity index (χ3v) is 3.29. The second kappa shape index (κ2) is 8.22. The maximum Gasteiger partial charge on any atom is 0.242 e. The normalized spacial score (nSPS) is 10.7. The van der Waals surface area contributed by atoms with Crippen molar-refractivity contribution in [2.24, 2.45) is 0 Å². The minimum absolute atomic E-state index is 0.136. The third kappa shape index (κ3) is 4.18. The number of benzene rings is 1. The summed E-state index contributed by atoms with van der Waals surface area (Å²) in [5, 5.41) is 0. The second-order valence-electron chi connectivity index (χ2n) is 4.63. The molecule has 0 heterocycles. The van der Waals surface area contributed by atoms with Gasteiger partial charge in [0.05, 0.1) is 12.3 Å². The van der Waals surface area contributed by atoms with Crippen LogP contribution in [0.15, 0.2) is 12.1 Å². The lowest BCUT2D eigenvalue weighted by Gasteiger charge is -2.26. The molecule has 0 aliphatic heterocycles. The summed E-state index contributed by atoms with van der Waals surface area (Å²) in [7, 11) is 0. The number of hydrogen-bond donors (Lipinski definition) is 0. The average Bonchev–Trinajstić information content (AvgIpc) is 2.45. The van der Waals surface area contributed by atoms with Crippen LogP contribution >= 0.6 is 11.6 Å². The van der Waals surface area contributed by atoms with Crippen LogP contribution in [0.25, 0.3) is 0 Å². The molecule has 1 aromatic rings. The highest BCUT2D eigenvalue weighted by Crippen LogP contribution is 2.27. The van der Waals surface area contributed by atoms with E-state index in [0.717, 1.165) is 12.0 Å². The van der Waals surface area contributed by atoms with Gasteiger partial charge in [-0.25, -0.2) is 4.39 Å². The molecule has 0 aliphatic carbocycles. The Hall–Kier alpha value is -1.13. The van der Waals surface area contributed by atoms with E-state index in [0.29, 0.717) is 31.0 Å². The van der Waals surface area contributed by atoms with E-state index in [-0.39, 0.29) is 17.6 Å². The Morgan fingerprint density at radius 2 is 2.05 bits per heavy atom. The molecule has 1 aromatic carbocycles. The van der Waals surface area contributed by atoms with Gasteiger partial charge in [-0.3, -0.25) is 4.79 Å². The van der Waals surface area contributed by atoms with E-state index in [1.54, 1.807) is 13.0 Å². The average molecular weight is 302 g/mol. The summed E-state index contributed by atoms with van der Waals surface area (Å²) in [6.07, 6.45) is 0.918. The number of alkyl halides is 1. The quantitative estimate of drug-likeness (QED) is 0.570. The highest BCUT2D eigenvalue weighted by Gasteiger charge is 2.20. The van der Waals surface area contributed by atoms with Gasteiger partial charge in [0, 0.05) is 18.7 Å². The number of amides is 1. The molecular formula is C15H21ClFNO2. The molecule has 0 radical (unpaired) electrons. The zero-order valence-corrected chi connectivity index (χ0v) is 13.0. The number of carbonyl (C=O) groups excluding carboxylic acids is 1. The van der Waals surface area contributed by atoms with Gasteiger partial charge < -0.3 is 9.64 Å². The summed E-state index contributed by atoms with van der Waals surface area (Å²) in [6, 6.07) is 3.07. The molecule has 1 rings (SSSR count). The molecule has 0 spiro atoms. The molecule has 0 aliphatic rings. The number of hydrogen-bond acceptors (Lipinski definition) is 2. The number of anilines is 1. The second-order valence-corrected chi connectivity index (χ2v) is 4.90. The van der Waals surface area contributed by atoms with E-state index in [1.165, 1.54) is 11.0 Å². The summed E-state index contributed by atoms with van der Waals surface area (Å²) in [4.78, 5) is 13.5. The number of halogens is 2. The van der Waals surface area contributed by atoms with Crippen LogP contribution in [-0.2, 0) is 9.53 Å². The predicted octanol–water partition coefficient (Wildman–Crippen LogP) is 3.44. The van der Waals surface area contributed by atoms with Gasteiger partial charge in [-0.2, -0.15) is 0 Å². The van der Waals surface area contributed by atoms with Crippen molar-refractivity contribution in [2.45, 2.75) is 27.2 Å². The van der Waals surface area contributed by atoms with Crippen LogP contribution < -0.4 is 4.90 Å². The number of rotatable bonds is 7. The first-order valence-electron chi connectivity index (χ1n) is 6.72. The molecule has 112 valence electrons. The molecule has 0 atom stereocenters. The van der Waals surface area contributed by atoms with Crippen molar-refractivity contribution in [2.75, 3.05) is 30.5 Å². The molecule has 3 nitrogen and oxygen atoms in total. The zero-order valence-electron chi connectivity index (χ0n) is 12.2. The highest BCUT2D eigenvalue weighted by molar-refractivity contribution is 6.29. The molecule has 0 unspecified atom stereocenters. The van der Waals surface area contributed by atoms with Crippen molar-refractivity contribution >= 4 is 23.2 Å². The SMILES string of the molecule is CCCOCCN(C(=O)CCl)c1c(C)ccc(F)c1C. The summed E-state index contributed by atoms with van der Waals surface area (Å²) in [5.74, 6) is -0.709. The molecular weight excluding hydrogens is 281 g/mol. The summed E-state index contributed by atoms with van der Waals surface area (Å²) in [6.45, 7) is 6.96. The van der Waals surface area contributed by atoms with Gasteiger partial charge in [-0.05, 0) is 31.9 Å². The van der Waals surface area contributed by atoms with Crippen molar-refractivity contribution in [1.29, 1.82) is 0 Å². The van der Waals surface area contributed by atoms with E-state index >= 15 is 0 Å². The molecule has 5 heteroatoms. The molecule has 0 saturated heterocycles. The smallest absolute Gasteiger partial charge is 0.242 e. The lowest BCUT2D eigenvalue weighted by Crippen LogP contribution is -2.36. The Balaban J connectivity index is 2.99. The van der Waals surface area contributed by atoms with Crippen LogP contribution in [-0.4, -0.2) is 31.5 Å². The Kier molecular flexibility index (Phi) is 6.96. The topological polar surface area (TPSA) is 29.5 Å². The first-order valence-corrected chi connectivity index (χ1v) is 7.26. The lowest BCUT2D eigenvalue weighted by molar-refractivity contribution is -0.116. The fraction of sp³-hybridized carbons (Fsp3) is 0.533. The number of ether oxygens (including phenoxy) is 1. The van der Waals surface area contributed by atoms with Crippen LogP contribution in [0.5, 0.6) is 0 Å². The molecule has 20 heavy (non-hydrogen) atoms. The van der Waals surface area contributed by atoms with Gasteiger partial charge in [0.25, 0.3) is 0 Å². The van der Waals surface area contributed by atoms with Crippen LogP contribution in [0.3, 0.4) is 0 Å². The Morgan fingerprint density at radius 3 is 2.65 bits per heavy atom. The molecule has 0 bridgehead atoms. The highest BCUT2D eigenvalue weighted by atomic mass is 35.5. The molecule has 0 saturated carbocycles. The van der Waals surface area contributed by atoms with Crippen molar-refractivity contribution in [3.63, 3.8) is 0 Å². The number of aryl methyl sites for hydroxylation is 1. The zero-order chi connectivity index (χ0) is 15.1. The largest absolute Gasteiger partial charge is 0.380 e.